The second kappa shape index (κ2) is 12.1. The first kappa shape index (κ1) is 25.1. The molecule has 7 heteroatoms. The number of aryl methyl sites for hydroxylation is 2. The number of rotatable bonds is 12. The van der Waals surface area contributed by atoms with Gasteiger partial charge in [0.1, 0.15) is 11.6 Å². The van der Waals surface area contributed by atoms with Gasteiger partial charge in [-0.3, -0.25) is 4.79 Å². The van der Waals surface area contributed by atoms with Crippen LogP contribution in [0.15, 0.2) is 66.7 Å². The molecule has 0 radical (unpaired) electrons. The van der Waals surface area contributed by atoms with E-state index in [1.165, 1.54) is 5.56 Å². The Hall–Kier alpha value is -4.00. The fourth-order valence-corrected chi connectivity index (χ4v) is 4.13. The molecule has 0 saturated carbocycles. The number of aromatic nitrogens is 2. The van der Waals surface area contributed by atoms with Crippen molar-refractivity contribution in [2.24, 2.45) is 0 Å². The standard InChI is InChI=1S/C29H33N3O4/c1-4-21-11-14-23(15-12-21)36-18-8-7-17-32-25-10-6-5-9-24(25)31-28(32)20-30-29(33)22-13-16-26(34-2)27(19-22)35-3/h5-6,9-16,19H,4,7-8,17-18,20H2,1-3H3,(H,30,33). The summed E-state index contributed by atoms with van der Waals surface area (Å²) < 4.78 is 18.7. The zero-order valence-corrected chi connectivity index (χ0v) is 21.1. The SMILES string of the molecule is CCc1ccc(OCCCCn2c(CNC(=O)c3ccc(OC)c(OC)c3)nc3ccccc32)cc1. The summed E-state index contributed by atoms with van der Waals surface area (Å²) in [6, 6.07) is 21.4. The van der Waals surface area contributed by atoms with Gasteiger partial charge in [0.05, 0.1) is 38.4 Å². The number of benzene rings is 3. The number of amides is 1. The summed E-state index contributed by atoms with van der Waals surface area (Å²) in [4.78, 5) is 17.6. The second-order valence-corrected chi connectivity index (χ2v) is 8.47. The van der Waals surface area contributed by atoms with Crippen LogP contribution >= 0.6 is 0 Å². The lowest BCUT2D eigenvalue weighted by Gasteiger charge is -2.12. The maximum absolute atomic E-state index is 12.8. The highest BCUT2D eigenvalue weighted by Crippen LogP contribution is 2.27. The average Bonchev–Trinajstić information content (AvgIpc) is 3.28. The fourth-order valence-electron chi connectivity index (χ4n) is 4.13. The molecule has 1 aromatic heterocycles. The Morgan fingerprint density at radius 3 is 2.47 bits per heavy atom. The molecule has 0 bridgehead atoms. The Bertz CT molecular complexity index is 1300. The number of nitrogens with one attached hydrogen (secondary N) is 1. The Balaban J connectivity index is 1.37. The summed E-state index contributed by atoms with van der Waals surface area (Å²) in [6.07, 6.45) is 2.87. The summed E-state index contributed by atoms with van der Waals surface area (Å²) >= 11 is 0. The van der Waals surface area contributed by atoms with Gasteiger partial charge in [-0.15, -0.1) is 0 Å². The molecule has 4 aromatic rings. The lowest BCUT2D eigenvalue weighted by molar-refractivity contribution is 0.0949. The number of hydrogen-bond acceptors (Lipinski definition) is 5. The molecule has 0 atom stereocenters. The summed E-state index contributed by atoms with van der Waals surface area (Å²) in [6.45, 7) is 3.91. The van der Waals surface area contributed by atoms with Gasteiger partial charge in [0, 0.05) is 12.1 Å². The molecule has 36 heavy (non-hydrogen) atoms. The molecule has 3 aromatic carbocycles. The quantitative estimate of drug-likeness (QED) is 0.271. The highest BCUT2D eigenvalue weighted by molar-refractivity contribution is 5.94. The second-order valence-electron chi connectivity index (χ2n) is 8.47. The highest BCUT2D eigenvalue weighted by Gasteiger charge is 2.14. The molecule has 188 valence electrons. The molecule has 1 heterocycles. The first-order chi connectivity index (χ1) is 17.6. The van der Waals surface area contributed by atoms with Crippen molar-refractivity contribution in [2.75, 3.05) is 20.8 Å². The first-order valence-corrected chi connectivity index (χ1v) is 12.3. The maximum Gasteiger partial charge on any atom is 0.251 e. The van der Waals surface area contributed by atoms with Crippen LogP contribution in [0.2, 0.25) is 0 Å². The molecule has 4 rings (SSSR count). The Morgan fingerprint density at radius 2 is 1.72 bits per heavy atom. The van der Waals surface area contributed by atoms with Crippen LogP contribution in [0.1, 0.15) is 41.5 Å². The number of ether oxygens (including phenoxy) is 3. The van der Waals surface area contributed by atoms with Gasteiger partial charge < -0.3 is 24.1 Å². The van der Waals surface area contributed by atoms with Crippen LogP contribution < -0.4 is 19.5 Å². The van der Waals surface area contributed by atoms with Gasteiger partial charge in [-0.25, -0.2) is 4.98 Å². The maximum atomic E-state index is 12.8. The van der Waals surface area contributed by atoms with E-state index in [2.05, 4.69) is 35.0 Å². The van der Waals surface area contributed by atoms with E-state index in [4.69, 9.17) is 19.2 Å². The number of unbranched alkanes of at least 4 members (excludes halogenated alkanes) is 1. The monoisotopic (exact) mass is 487 g/mol. The van der Waals surface area contributed by atoms with Crippen LogP contribution in [0.4, 0.5) is 0 Å². The van der Waals surface area contributed by atoms with E-state index < -0.39 is 0 Å². The van der Waals surface area contributed by atoms with Crippen LogP contribution in [-0.4, -0.2) is 36.3 Å². The number of nitrogens with zero attached hydrogens (tertiary/aromatic N) is 2. The molecule has 7 nitrogen and oxygen atoms in total. The summed E-state index contributed by atoms with van der Waals surface area (Å²) in [7, 11) is 3.12. The molecule has 0 spiro atoms. The lowest BCUT2D eigenvalue weighted by Crippen LogP contribution is -2.25. The Morgan fingerprint density at radius 1 is 0.944 bits per heavy atom. The van der Waals surface area contributed by atoms with Crippen molar-refractivity contribution < 1.29 is 19.0 Å². The van der Waals surface area contributed by atoms with E-state index in [-0.39, 0.29) is 5.91 Å². The molecular formula is C29H33N3O4. The molecule has 1 N–H and O–H groups in total. The van der Waals surface area contributed by atoms with Gasteiger partial charge in [-0.05, 0) is 67.3 Å². The highest BCUT2D eigenvalue weighted by atomic mass is 16.5. The summed E-state index contributed by atoms with van der Waals surface area (Å²) in [5.74, 6) is 2.62. The third-order valence-corrected chi connectivity index (χ3v) is 6.16. The van der Waals surface area contributed by atoms with Crippen molar-refractivity contribution in [1.29, 1.82) is 0 Å². The van der Waals surface area contributed by atoms with Crippen LogP contribution in [-0.2, 0) is 19.5 Å². The van der Waals surface area contributed by atoms with E-state index in [1.54, 1.807) is 32.4 Å². The predicted molar refractivity (Wildman–Crippen MR) is 141 cm³/mol. The number of para-hydroxylation sites is 2. The van der Waals surface area contributed by atoms with Gasteiger partial charge in [0.25, 0.3) is 5.91 Å². The molecule has 0 aliphatic carbocycles. The molecule has 0 saturated heterocycles. The normalized spacial score (nSPS) is 10.9. The van der Waals surface area contributed by atoms with Crippen LogP contribution in [0, 0.1) is 0 Å². The minimum atomic E-state index is -0.197. The molecule has 0 fully saturated rings. The van der Waals surface area contributed by atoms with Gasteiger partial charge in [0.2, 0.25) is 0 Å². The van der Waals surface area contributed by atoms with E-state index in [0.29, 0.717) is 30.2 Å². The van der Waals surface area contributed by atoms with Crippen LogP contribution in [0.25, 0.3) is 11.0 Å². The van der Waals surface area contributed by atoms with Crippen LogP contribution in [0.5, 0.6) is 17.2 Å². The number of fused-ring (bicyclic) bond motifs is 1. The smallest absolute Gasteiger partial charge is 0.251 e. The van der Waals surface area contributed by atoms with Crippen molar-refractivity contribution in [1.82, 2.24) is 14.9 Å². The molecule has 0 aliphatic heterocycles. The summed E-state index contributed by atoms with van der Waals surface area (Å²) in [5, 5.41) is 2.99. The van der Waals surface area contributed by atoms with Crippen molar-refractivity contribution in [3.05, 3.63) is 83.7 Å². The molecule has 1 amide bonds. The minimum Gasteiger partial charge on any atom is -0.494 e. The number of imidazole rings is 1. The zero-order chi connectivity index (χ0) is 25.3. The van der Waals surface area contributed by atoms with Gasteiger partial charge in [0.15, 0.2) is 11.5 Å². The van der Waals surface area contributed by atoms with Gasteiger partial charge >= 0.3 is 0 Å². The molecular weight excluding hydrogens is 454 g/mol. The van der Waals surface area contributed by atoms with E-state index in [1.807, 2.05) is 30.3 Å². The van der Waals surface area contributed by atoms with E-state index >= 15 is 0 Å². The van der Waals surface area contributed by atoms with Crippen molar-refractivity contribution >= 4 is 16.9 Å². The van der Waals surface area contributed by atoms with Crippen molar-refractivity contribution in [3.8, 4) is 17.2 Å². The average molecular weight is 488 g/mol. The van der Waals surface area contributed by atoms with E-state index in [9.17, 15) is 4.79 Å². The molecule has 0 aliphatic rings. The largest absolute Gasteiger partial charge is 0.494 e. The summed E-state index contributed by atoms with van der Waals surface area (Å²) in [5.41, 5.74) is 3.78. The van der Waals surface area contributed by atoms with E-state index in [0.717, 1.165) is 48.4 Å². The Labute approximate surface area is 212 Å². The predicted octanol–water partition coefficient (Wildman–Crippen LogP) is 5.41. The number of hydrogen-bond donors (Lipinski definition) is 1. The number of carbonyl (C=O) groups is 1. The fraction of sp³-hybridized carbons (Fsp3) is 0.310. The lowest BCUT2D eigenvalue weighted by atomic mass is 10.2. The Kier molecular flexibility index (Phi) is 8.44. The first-order valence-electron chi connectivity index (χ1n) is 12.3. The van der Waals surface area contributed by atoms with Gasteiger partial charge in [-0.2, -0.15) is 0 Å². The van der Waals surface area contributed by atoms with Crippen molar-refractivity contribution in [2.45, 2.75) is 39.3 Å². The van der Waals surface area contributed by atoms with Crippen LogP contribution in [0.3, 0.4) is 0 Å². The zero-order valence-electron chi connectivity index (χ0n) is 21.1. The van der Waals surface area contributed by atoms with Gasteiger partial charge in [-0.1, -0.05) is 31.2 Å². The van der Waals surface area contributed by atoms with Crippen molar-refractivity contribution in [3.63, 3.8) is 0 Å². The number of carbonyl (C=O) groups excluding carboxylic acids is 1. The minimum absolute atomic E-state index is 0.197. The topological polar surface area (TPSA) is 74.6 Å². The number of methoxy groups -OCH3 is 2. The third kappa shape index (κ3) is 5.97. The third-order valence-electron chi connectivity index (χ3n) is 6.16. The molecule has 0 unspecified atom stereocenters.